The molecule has 21 heavy (non-hydrogen) atoms. The van der Waals surface area contributed by atoms with Crippen LogP contribution in [0.4, 0.5) is 11.4 Å². The number of fused-ring (bicyclic) bond motifs is 1. The highest BCUT2D eigenvalue weighted by Gasteiger charge is 2.30. The van der Waals surface area contributed by atoms with E-state index in [9.17, 15) is 4.79 Å². The van der Waals surface area contributed by atoms with Crippen LogP contribution in [0, 0.1) is 0 Å². The Kier molecular flexibility index (Phi) is 2.90. The second kappa shape index (κ2) is 4.52. The lowest BCUT2D eigenvalue weighted by Crippen LogP contribution is -2.24. The smallest absolute Gasteiger partial charge is 0.193 e. The molecule has 2 aromatic carbocycles. The Morgan fingerprint density at radius 2 is 1.71 bits per heavy atom. The third-order valence-corrected chi connectivity index (χ3v) is 3.56. The number of nitrogens with two attached hydrogens (primary N) is 2. The van der Waals surface area contributed by atoms with Crippen LogP contribution < -0.4 is 16.2 Å². The second-order valence-electron chi connectivity index (χ2n) is 6.08. The molecule has 108 valence electrons. The third-order valence-electron chi connectivity index (χ3n) is 3.56. The van der Waals surface area contributed by atoms with Crippen LogP contribution in [0.15, 0.2) is 36.4 Å². The number of anilines is 2. The van der Waals surface area contributed by atoms with E-state index in [2.05, 4.69) is 0 Å². The first-order valence-corrected chi connectivity index (χ1v) is 6.87. The summed E-state index contributed by atoms with van der Waals surface area (Å²) in [4.78, 5) is 12.6. The molecule has 0 spiro atoms. The molecular weight excluding hydrogens is 264 g/mol. The van der Waals surface area contributed by atoms with Crippen molar-refractivity contribution in [1.29, 1.82) is 0 Å². The van der Waals surface area contributed by atoms with Gasteiger partial charge in [0.1, 0.15) is 11.4 Å². The molecule has 4 nitrogen and oxygen atoms in total. The van der Waals surface area contributed by atoms with Gasteiger partial charge in [-0.15, -0.1) is 0 Å². The highest BCUT2D eigenvalue weighted by Crippen LogP contribution is 2.35. The van der Waals surface area contributed by atoms with Crippen molar-refractivity contribution in [3.05, 3.63) is 53.1 Å². The van der Waals surface area contributed by atoms with Gasteiger partial charge in [-0.25, -0.2) is 0 Å². The van der Waals surface area contributed by atoms with E-state index in [-0.39, 0.29) is 11.4 Å². The predicted octanol–water partition coefficient (Wildman–Crippen LogP) is 2.80. The van der Waals surface area contributed by atoms with Gasteiger partial charge in [0.15, 0.2) is 5.78 Å². The van der Waals surface area contributed by atoms with Crippen LogP contribution in [0.1, 0.15) is 35.3 Å². The van der Waals surface area contributed by atoms with E-state index < -0.39 is 0 Å². The lowest BCUT2D eigenvalue weighted by Gasteiger charge is -2.16. The minimum absolute atomic E-state index is 0.0819. The first kappa shape index (κ1) is 13.5. The van der Waals surface area contributed by atoms with Crippen molar-refractivity contribution in [2.75, 3.05) is 11.5 Å². The first-order valence-electron chi connectivity index (χ1n) is 6.87. The Hall–Kier alpha value is -2.49. The summed E-state index contributed by atoms with van der Waals surface area (Å²) in [5.41, 5.74) is 14.4. The number of carbonyl (C=O) groups excluding carboxylic acids is 1. The summed E-state index contributed by atoms with van der Waals surface area (Å²) in [6.45, 7) is 4.07. The molecule has 3 rings (SSSR count). The van der Waals surface area contributed by atoms with Crippen molar-refractivity contribution < 1.29 is 9.53 Å². The van der Waals surface area contributed by atoms with Crippen LogP contribution >= 0.6 is 0 Å². The molecule has 2 aromatic rings. The van der Waals surface area contributed by atoms with E-state index in [4.69, 9.17) is 16.2 Å². The van der Waals surface area contributed by atoms with Gasteiger partial charge in [0, 0.05) is 28.9 Å². The van der Waals surface area contributed by atoms with Crippen LogP contribution in [0.25, 0.3) is 0 Å². The van der Waals surface area contributed by atoms with Gasteiger partial charge in [-0.3, -0.25) is 4.79 Å². The van der Waals surface area contributed by atoms with Crippen LogP contribution in [0.5, 0.6) is 5.75 Å². The van der Waals surface area contributed by atoms with Crippen LogP contribution in [-0.2, 0) is 6.42 Å². The summed E-state index contributed by atoms with van der Waals surface area (Å²) >= 11 is 0. The van der Waals surface area contributed by atoms with E-state index >= 15 is 0 Å². The van der Waals surface area contributed by atoms with E-state index in [1.807, 2.05) is 26.0 Å². The molecule has 0 amide bonds. The van der Waals surface area contributed by atoms with Crippen LogP contribution in [0.3, 0.4) is 0 Å². The largest absolute Gasteiger partial charge is 0.487 e. The molecule has 0 fully saturated rings. The van der Waals surface area contributed by atoms with Crippen molar-refractivity contribution in [1.82, 2.24) is 0 Å². The molecule has 0 saturated carbocycles. The molecule has 0 unspecified atom stereocenters. The lowest BCUT2D eigenvalue weighted by molar-refractivity contribution is 0.103. The van der Waals surface area contributed by atoms with Gasteiger partial charge < -0.3 is 16.2 Å². The Morgan fingerprint density at radius 3 is 2.38 bits per heavy atom. The summed E-state index contributed by atoms with van der Waals surface area (Å²) in [6.07, 6.45) is 0.794. The molecule has 0 aliphatic carbocycles. The molecule has 1 heterocycles. The minimum Gasteiger partial charge on any atom is -0.487 e. The molecule has 4 N–H and O–H groups in total. The number of ketones is 1. The van der Waals surface area contributed by atoms with Crippen molar-refractivity contribution in [3.63, 3.8) is 0 Å². The van der Waals surface area contributed by atoms with E-state index in [1.165, 1.54) is 0 Å². The molecule has 1 aliphatic heterocycles. The second-order valence-corrected chi connectivity index (χ2v) is 6.08. The van der Waals surface area contributed by atoms with Gasteiger partial charge in [-0.05, 0) is 55.8 Å². The number of nitrogen functional groups attached to an aromatic ring is 2. The maximum absolute atomic E-state index is 12.6. The Morgan fingerprint density at radius 1 is 1.05 bits per heavy atom. The number of benzene rings is 2. The quantitative estimate of drug-likeness (QED) is 0.656. The number of hydrogen-bond donors (Lipinski definition) is 2. The highest BCUT2D eigenvalue weighted by atomic mass is 16.5. The summed E-state index contributed by atoms with van der Waals surface area (Å²) in [7, 11) is 0. The van der Waals surface area contributed by atoms with E-state index in [0.717, 1.165) is 17.7 Å². The standard InChI is InChI=1S/C17H18N2O2/c1-17(2)9-12-5-10(3-4-15(12)21-17)16(20)11-6-13(18)8-14(19)7-11/h3-8H,9,18-19H2,1-2H3. The van der Waals surface area contributed by atoms with Gasteiger partial charge in [-0.2, -0.15) is 0 Å². The Labute approximate surface area is 123 Å². The van der Waals surface area contributed by atoms with Gasteiger partial charge in [0.25, 0.3) is 0 Å². The zero-order chi connectivity index (χ0) is 15.2. The molecule has 4 heteroatoms. The number of hydrogen-bond acceptors (Lipinski definition) is 4. The molecular formula is C17H18N2O2. The van der Waals surface area contributed by atoms with Gasteiger partial charge in [0.05, 0.1) is 0 Å². The Bertz CT molecular complexity index is 715. The maximum Gasteiger partial charge on any atom is 0.193 e. The van der Waals surface area contributed by atoms with Crippen LogP contribution in [-0.4, -0.2) is 11.4 Å². The van der Waals surface area contributed by atoms with Crippen molar-refractivity contribution in [2.45, 2.75) is 25.9 Å². The SMILES string of the molecule is CC1(C)Cc2cc(C(=O)c3cc(N)cc(N)c3)ccc2O1. The number of rotatable bonds is 2. The normalized spacial score (nSPS) is 15.3. The average molecular weight is 282 g/mol. The number of ether oxygens (including phenoxy) is 1. The summed E-state index contributed by atoms with van der Waals surface area (Å²) < 4.78 is 5.82. The molecule has 0 aromatic heterocycles. The zero-order valence-electron chi connectivity index (χ0n) is 12.1. The molecule has 0 atom stereocenters. The van der Waals surface area contributed by atoms with Crippen molar-refractivity contribution >= 4 is 17.2 Å². The monoisotopic (exact) mass is 282 g/mol. The zero-order valence-corrected chi connectivity index (χ0v) is 12.1. The van der Waals surface area contributed by atoms with Crippen molar-refractivity contribution in [3.8, 4) is 5.75 Å². The molecule has 0 bridgehead atoms. The third kappa shape index (κ3) is 2.57. The van der Waals surface area contributed by atoms with Crippen molar-refractivity contribution in [2.24, 2.45) is 0 Å². The molecule has 1 aliphatic rings. The summed E-state index contributed by atoms with van der Waals surface area (Å²) in [6, 6.07) is 10.5. The van der Waals surface area contributed by atoms with Gasteiger partial charge in [0.2, 0.25) is 0 Å². The predicted molar refractivity (Wildman–Crippen MR) is 83.6 cm³/mol. The summed E-state index contributed by atoms with van der Waals surface area (Å²) in [5.74, 6) is 0.769. The topological polar surface area (TPSA) is 78.3 Å². The lowest BCUT2D eigenvalue weighted by atomic mass is 9.97. The Balaban J connectivity index is 1.97. The maximum atomic E-state index is 12.6. The van der Waals surface area contributed by atoms with Gasteiger partial charge in [-0.1, -0.05) is 0 Å². The first-order chi connectivity index (χ1) is 9.84. The fraction of sp³-hybridized carbons (Fsp3) is 0.235. The molecule has 0 saturated heterocycles. The molecule has 0 radical (unpaired) electrons. The summed E-state index contributed by atoms with van der Waals surface area (Å²) in [5, 5.41) is 0. The number of carbonyl (C=O) groups is 1. The van der Waals surface area contributed by atoms with Gasteiger partial charge >= 0.3 is 0 Å². The fourth-order valence-corrected chi connectivity index (χ4v) is 2.73. The van der Waals surface area contributed by atoms with Crippen LogP contribution in [0.2, 0.25) is 0 Å². The van der Waals surface area contributed by atoms with E-state index in [1.54, 1.807) is 24.3 Å². The minimum atomic E-state index is -0.217. The fourth-order valence-electron chi connectivity index (χ4n) is 2.73. The average Bonchev–Trinajstić information content (AvgIpc) is 2.69. The van der Waals surface area contributed by atoms with E-state index in [0.29, 0.717) is 22.5 Å². The highest BCUT2D eigenvalue weighted by molar-refractivity contribution is 6.10.